The highest BCUT2D eigenvalue weighted by Crippen LogP contribution is 2.11. The molecule has 2 aromatic rings. The predicted molar refractivity (Wildman–Crippen MR) is 120 cm³/mol. The molecule has 0 aliphatic carbocycles. The van der Waals surface area contributed by atoms with Crippen molar-refractivity contribution in [2.45, 2.75) is 39.7 Å². The summed E-state index contributed by atoms with van der Waals surface area (Å²) in [5.74, 6) is 2.74. The molecule has 2 rings (SSSR count). The summed E-state index contributed by atoms with van der Waals surface area (Å²) in [6, 6.07) is 8.17. The second-order valence-electron chi connectivity index (χ2n) is 5.98. The number of methoxy groups -OCH3 is 1. The van der Waals surface area contributed by atoms with Crippen LogP contribution in [0.5, 0.6) is 5.75 Å². The van der Waals surface area contributed by atoms with Crippen molar-refractivity contribution < 1.29 is 4.74 Å². The smallest absolute Gasteiger partial charge is 0.191 e. The third kappa shape index (κ3) is 8.15. The Morgan fingerprint density at radius 3 is 2.56 bits per heavy atom. The van der Waals surface area contributed by atoms with Crippen molar-refractivity contribution in [1.29, 1.82) is 0 Å². The lowest BCUT2D eigenvalue weighted by atomic mass is 10.1. The fraction of sp³-hybridized carbons (Fsp3) is 0.526. The van der Waals surface area contributed by atoms with E-state index >= 15 is 0 Å². The molecule has 0 fully saturated rings. The number of nitrogens with zero attached hydrogens (tertiary/aromatic N) is 4. The van der Waals surface area contributed by atoms with Crippen LogP contribution >= 0.6 is 24.0 Å². The van der Waals surface area contributed by atoms with Crippen LogP contribution in [-0.2, 0) is 19.4 Å². The molecule has 1 aromatic carbocycles. The molecular weight excluding hydrogens is 455 g/mol. The number of aryl methyl sites for hydroxylation is 1. The lowest BCUT2D eigenvalue weighted by molar-refractivity contribution is 0.414. The molecule has 1 heterocycles. The molecule has 0 bridgehead atoms. The fourth-order valence-corrected chi connectivity index (χ4v) is 2.55. The summed E-state index contributed by atoms with van der Waals surface area (Å²) < 4.78 is 7.26. The molecule has 1 aromatic heterocycles. The van der Waals surface area contributed by atoms with E-state index in [9.17, 15) is 0 Å². The van der Waals surface area contributed by atoms with Gasteiger partial charge in [0.2, 0.25) is 0 Å². The Morgan fingerprint density at radius 1 is 1.15 bits per heavy atom. The first-order valence-electron chi connectivity index (χ1n) is 9.28. The van der Waals surface area contributed by atoms with E-state index in [2.05, 4.69) is 56.4 Å². The summed E-state index contributed by atoms with van der Waals surface area (Å²) >= 11 is 0. The van der Waals surface area contributed by atoms with E-state index in [0.717, 1.165) is 63.0 Å². The molecule has 27 heavy (non-hydrogen) atoms. The number of hydrogen-bond acceptors (Lipinski definition) is 4. The molecule has 0 aliphatic rings. The minimum atomic E-state index is 0. The van der Waals surface area contributed by atoms with E-state index in [1.165, 1.54) is 5.56 Å². The van der Waals surface area contributed by atoms with Gasteiger partial charge in [-0.25, -0.2) is 0 Å². The highest BCUT2D eigenvalue weighted by Gasteiger charge is 2.03. The summed E-state index contributed by atoms with van der Waals surface area (Å²) in [5.41, 5.74) is 1.27. The van der Waals surface area contributed by atoms with Gasteiger partial charge in [0, 0.05) is 32.6 Å². The number of hydrogen-bond donors (Lipinski definition) is 2. The maximum atomic E-state index is 5.19. The van der Waals surface area contributed by atoms with Crippen molar-refractivity contribution in [3.63, 3.8) is 0 Å². The Balaban J connectivity index is 0.00000364. The normalized spacial score (nSPS) is 11.0. The van der Waals surface area contributed by atoms with E-state index in [1.54, 1.807) is 13.4 Å². The highest BCUT2D eigenvalue weighted by atomic mass is 127. The van der Waals surface area contributed by atoms with Crippen LogP contribution in [0.1, 0.15) is 31.7 Å². The summed E-state index contributed by atoms with van der Waals surface area (Å²) in [6.45, 7) is 7.45. The molecule has 8 heteroatoms. The van der Waals surface area contributed by atoms with E-state index < -0.39 is 0 Å². The van der Waals surface area contributed by atoms with Crippen molar-refractivity contribution in [2.24, 2.45) is 4.99 Å². The first kappa shape index (κ1) is 23.2. The average Bonchev–Trinajstić information content (AvgIpc) is 3.13. The van der Waals surface area contributed by atoms with Crippen LogP contribution in [-0.4, -0.2) is 47.5 Å². The Bertz CT molecular complexity index is 671. The first-order chi connectivity index (χ1) is 12.8. The number of benzene rings is 1. The van der Waals surface area contributed by atoms with Gasteiger partial charge in [-0.3, -0.25) is 4.99 Å². The molecule has 0 atom stereocenters. The van der Waals surface area contributed by atoms with E-state index in [0.29, 0.717) is 0 Å². The van der Waals surface area contributed by atoms with Gasteiger partial charge in [0.1, 0.15) is 17.9 Å². The van der Waals surface area contributed by atoms with Gasteiger partial charge >= 0.3 is 0 Å². The van der Waals surface area contributed by atoms with Crippen LogP contribution < -0.4 is 15.4 Å². The molecule has 2 N–H and O–H groups in total. The first-order valence-corrected chi connectivity index (χ1v) is 9.28. The van der Waals surface area contributed by atoms with E-state index in [1.807, 2.05) is 12.1 Å². The monoisotopic (exact) mass is 486 g/mol. The van der Waals surface area contributed by atoms with Crippen LogP contribution in [0.2, 0.25) is 0 Å². The number of rotatable bonds is 10. The summed E-state index contributed by atoms with van der Waals surface area (Å²) in [4.78, 5) is 4.60. The van der Waals surface area contributed by atoms with Gasteiger partial charge in [0.25, 0.3) is 0 Å². The topological polar surface area (TPSA) is 76.4 Å². The zero-order valence-electron chi connectivity index (χ0n) is 16.4. The van der Waals surface area contributed by atoms with Gasteiger partial charge in [-0.1, -0.05) is 26.0 Å². The molecule has 0 radical (unpaired) electrons. The van der Waals surface area contributed by atoms with Crippen LogP contribution in [0.4, 0.5) is 0 Å². The lowest BCUT2D eigenvalue weighted by Gasteiger charge is -2.13. The van der Waals surface area contributed by atoms with Crippen molar-refractivity contribution in [3.05, 3.63) is 42.0 Å². The Kier molecular flexibility index (Phi) is 11.5. The van der Waals surface area contributed by atoms with Crippen LogP contribution in [0.15, 0.2) is 35.6 Å². The van der Waals surface area contributed by atoms with Crippen molar-refractivity contribution >= 4 is 29.9 Å². The third-order valence-corrected chi connectivity index (χ3v) is 4.02. The molecule has 0 aliphatic heterocycles. The lowest BCUT2D eigenvalue weighted by Crippen LogP contribution is -2.40. The average molecular weight is 486 g/mol. The van der Waals surface area contributed by atoms with Crippen molar-refractivity contribution in [3.8, 4) is 5.75 Å². The molecule has 0 spiro atoms. The molecule has 7 nitrogen and oxygen atoms in total. The Morgan fingerprint density at radius 2 is 1.89 bits per heavy atom. The largest absolute Gasteiger partial charge is 0.497 e. The van der Waals surface area contributed by atoms with Gasteiger partial charge in [-0.15, -0.1) is 34.2 Å². The summed E-state index contributed by atoms with van der Waals surface area (Å²) in [6.07, 6.45) is 4.62. The van der Waals surface area contributed by atoms with E-state index in [-0.39, 0.29) is 24.0 Å². The maximum absolute atomic E-state index is 5.19. The maximum Gasteiger partial charge on any atom is 0.191 e. The SMILES string of the molecule is CCCN=C(NCCc1ccc(OC)cc1)NCCn1cnnc1CC.I. The van der Waals surface area contributed by atoms with Crippen molar-refractivity contribution in [1.82, 2.24) is 25.4 Å². The zero-order chi connectivity index (χ0) is 18.6. The number of halogens is 1. The van der Waals surface area contributed by atoms with Gasteiger partial charge in [0.05, 0.1) is 7.11 Å². The van der Waals surface area contributed by atoms with Crippen molar-refractivity contribution in [2.75, 3.05) is 26.7 Å². The minimum Gasteiger partial charge on any atom is -0.497 e. The Hall–Kier alpha value is -1.84. The predicted octanol–water partition coefficient (Wildman–Crippen LogP) is 2.66. The van der Waals surface area contributed by atoms with Crippen LogP contribution in [0, 0.1) is 0 Å². The quantitative estimate of drug-likeness (QED) is 0.307. The number of aromatic nitrogens is 3. The van der Waals surface area contributed by atoms with Gasteiger partial charge in [-0.2, -0.15) is 0 Å². The summed E-state index contributed by atoms with van der Waals surface area (Å²) in [5, 5.41) is 14.9. The number of nitrogens with one attached hydrogen (secondary N) is 2. The third-order valence-electron chi connectivity index (χ3n) is 4.02. The van der Waals surface area contributed by atoms with Gasteiger partial charge in [0.15, 0.2) is 5.96 Å². The van der Waals surface area contributed by atoms with Gasteiger partial charge in [-0.05, 0) is 30.5 Å². The molecular formula is C19H31IN6O. The summed E-state index contributed by atoms with van der Waals surface area (Å²) in [7, 11) is 1.68. The molecule has 0 saturated heterocycles. The molecule has 150 valence electrons. The second-order valence-corrected chi connectivity index (χ2v) is 5.98. The van der Waals surface area contributed by atoms with Crippen LogP contribution in [0.3, 0.4) is 0 Å². The molecule has 0 unspecified atom stereocenters. The zero-order valence-corrected chi connectivity index (χ0v) is 18.8. The van der Waals surface area contributed by atoms with E-state index in [4.69, 9.17) is 4.74 Å². The van der Waals surface area contributed by atoms with Gasteiger partial charge < -0.3 is 19.9 Å². The minimum absolute atomic E-state index is 0. The number of aliphatic imine (C=N–C) groups is 1. The number of ether oxygens (including phenoxy) is 1. The standard InChI is InChI=1S/C19H30N6O.HI/c1-4-11-20-19(22-13-14-25-15-23-24-18(25)5-2)21-12-10-16-6-8-17(26-3)9-7-16;/h6-9,15H,4-5,10-14H2,1-3H3,(H2,20,21,22);1H. The molecule has 0 saturated carbocycles. The Labute approximate surface area is 179 Å². The molecule has 0 amide bonds. The highest BCUT2D eigenvalue weighted by molar-refractivity contribution is 14.0. The van der Waals surface area contributed by atoms with Crippen LogP contribution in [0.25, 0.3) is 0 Å². The fourth-order valence-electron chi connectivity index (χ4n) is 2.55. The second kappa shape index (κ2) is 13.3. The number of guanidine groups is 1.